The predicted molar refractivity (Wildman–Crippen MR) is 159 cm³/mol. The summed E-state index contributed by atoms with van der Waals surface area (Å²) in [4.78, 5) is 25.6. The van der Waals surface area contributed by atoms with Crippen molar-refractivity contribution in [3.8, 4) is 11.1 Å². The normalized spacial score (nSPS) is 12.1. The summed E-state index contributed by atoms with van der Waals surface area (Å²) in [5, 5.41) is 0. The summed E-state index contributed by atoms with van der Waals surface area (Å²) in [5.41, 5.74) is 4.04. The molecule has 0 spiro atoms. The summed E-state index contributed by atoms with van der Waals surface area (Å²) >= 11 is 0. The molecule has 0 heterocycles. The lowest BCUT2D eigenvalue weighted by atomic mass is 9.99. The van der Waals surface area contributed by atoms with Crippen LogP contribution in [0.4, 0.5) is 13.2 Å². The molecule has 0 N–H and O–H groups in total. The Hall–Kier alpha value is -3.61. The number of unbranched alkanes of at least 4 members (excludes halogenated alkanes) is 4. The molecule has 0 saturated heterocycles. The van der Waals surface area contributed by atoms with Crippen molar-refractivity contribution in [2.45, 2.75) is 89.8 Å². The van der Waals surface area contributed by atoms with Crippen LogP contribution in [-0.4, -0.2) is 30.8 Å². The molecule has 0 saturated carbocycles. The molecule has 0 aliphatic rings. The fourth-order valence-electron chi connectivity index (χ4n) is 4.89. The van der Waals surface area contributed by atoms with Crippen molar-refractivity contribution >= 4 is 11.9 Å². The number of ether oxygens (including phenoxy) is 2. The lowest BCUT2D eigenvalue weighted by molar-refractivity contribution is -0.135. The molecule has 0 radical (unpaired) electrons. The van der Waals surface area contributed by atoms with Crippen LogP contribution in [0.2, 0.25) is 0 Å². The minimum Gasteiger partial charge on any atom is -0.462 e. The van der Waals surface area contributed by atoms with E-state index in [0.29, 0.717) is 43.2 Å². The second-order valence-electron chi connectivity index (χ2n) is 10.6. The van der Waals surface area contributed by atoms with E-state index in [-0.39, 0.29) is 25.1 Å². The number of esters is 2. The zero-order valence-electron chi connectivity index (χ0n) is 24.3. The minimum absolute atomic E-state index is 0.136. The highest BCUT2D eigenvalue weighted by atomic mass is 19.4. The van der Waals surface area contributed by atoms with Gasteiger partial charge in [-0.2, -0.15) is 13.2 Å². The van der Waals surface area contributed by atoms with E-state index >= 15 is 0 Å². The van der Waals surface area contributed by atoms with E-state index in [4.69, 9.17) is 9.47 Å². The van der Waals surface area contributed by atoms with Gasteiger partial charge in [0.25, 0.3) is 0 Å². The molecule has 0 amide bonds. The first-order valence-electron chi connectivity index (χ1n) is 14.9. The first-order valence-corrected chi connectivity index (χ1v) is 14.9. The summed E-state index contributed by atoms with van der Waals surface area (Å²) in [6, 6.07) is 24.8. The molecule has 3 aromatic rings. The zero-order chi connectivity index (χ0) is 30.2. The third-order valence-electron chi connectivity index (χ3n) is 7.16. The fourth-order valence-corrected chi connectivity index (χ4v) is 4.89. The molecule has 0 aliphatic carbocycles. The van der Waals surface area contributed by atoms with Crippen LogP contribution in [0.5, 0.6) is 0 Å². The van der Waals surface area contributed by atoms with Crippen LogP contribution in [0, 0.1) is 0 Å². The number of carbonyl (C=O) groups is 2. The predicted octanol–water partition coefficient (Wildman–Crippen LogP) is 9.76. The third-order valence-corrected chi connectivity index (χ3v) is 7.16. The van der Waals surface area contributed by atoms with Gasteiger partial charge in [-0.3, -0.25) is 0 Å². The number of aryl methyl sites for hydroxylation is 1. The molecular weight excluding hydrogens is 541 g/mol. The Bertz CT molecular complexity index is 1220. The highest BCUT2D eigenvalue weighted by molar-refractivity contribution is 5.91. The van der Waals surface area contributed by atoms with Crippen LogP contribution < -0.4 is 0 Å². The third kappa shape index (κ3) is 11.7. The maximum atomic E-state index is 12.9. The second-order valence-corrected chi connectivity index (χ2v) is 10.6. The van der Waals surface area contributed by atoms with Gasteiger partial charge in [0.15, 0.2) is 0 Å². The number of halogens is 3. The van der Waals surface area contributed by atoms with Gasteiger partial charge in [-0.05, 0) is 73.4 Å². The van der Waals surface area contributed by atoms with Crippen molar-refractivity contribution in [3.63, 3.8) is 0 Å². The number of hydrogen-bond donors (Lipinski definition) is 0. The second kappa shape index (κ2) is 17.4. The molecule has 0 aliphatic heterocycles. The van der Waals surface area contributed by atoms with Gasteiger partial charge in [0.1, 0.15) is 6.10 Å². The van der Waals surface area contributed by atoms with Crippen molar-refractivity contribution in [1.29, 1.82) is 0 Å². The molecule has 3 aromatic carbocycles. The Kier molecular flexibility index (Phi) is 13.6. The van der Waals surface area contributed by atoms with Gasteiger partial charge >= 0.3 is 18.1 Å². The van der Waals surface area contributed by atoms with Crippen LogP contribution in [0.25, 0.3) is 11.1 Å². The topological polar surface area (TPSA) is 52.6 Å². The van der Waals surface area contributed by atoms with Gasteiger partial charge in [0.05, 0.1) is 17.7 Å². The number of benzene rings is 3. The quantitative estimate of drug-likeness (QED) is 0.117. The molecule has 1 unspecified atom stereocenters. The number of carbonyl (C=O) groups excluding carboxylic acids is 2. The number of alkyl halides is 3. The highest BCUT2D eigenvalue weighted by Crippen LogP contribution is 2.24. The van der Waals surface area contributed by atoms with Crippen LogP contribution in [-0.2, 0) is 15.9 Å². The van der Waals surface area contributed by atoms with Gasteiger partial charge in [-0.1, -0.05) is 93.3 Å². The fraction of sp³-hybridized carbons (Fsp3) is 0.429. The molecule has 0 fully saturated rings. The summed E-state index contributed by atoms with van der Waals surface area (Å²) in [5.74, 6) is -0.726. The monoisotopic (exact) mass is 582 g/mol. The van der Waals surface area contributed by atoms with Gasteiger partial charge in [-0.25, -0.2) is 9.59 Å². The average molecular weight is 583 g/mol. The van der Waals surface area contributed by atoms with Crippen LogP contribution in [0.15, 0.2) is 78.9 Å². The Morgan fingerprint density at radius 2 is 1.36 bits per heavy atom. The summed E-state index contributed by atoms with van der Waals surface area (Å²) in [7, 11) is 0. The zero-order valence-corrected chi connectivity index (χ0v) is 24.3. The van der Waals surface area contributed by atoms with Crippen molar-refractivity contribution < 1.29 is 32.2 Å². The summed E-state index contributed by atoms with van der Waals surface area (Å²) in [6.07, 6.45) is 1.34. The van der Waals surface area contributed by atoms with E-state index in [0.717, 1.165) is 42.4 Å². The lowest BCUT2D eigenvalue weighted by Crippen LogP contribution is -2.19. The van der Waals surface area contributed by atoms with E-state index in [1.165, 1.54) is 0 Å². The molecular formula is C35H41F3O4. The van der Waals surface area contributed by atoms with Crippen LogP contribution in [0.3, 0.4) is 0 Å². The van der Waals surface area contributed by atoms with Crippen molar-refractivity contribution in [1.82, 2.24) is 0 Å². The largest absolute Gasteiger partial charge is 0.462 e. The summed E-state index contributed by atoms with van der Waals surface area (Å²) in [6.45, 7) is 2.30. The number of rotatable bonds is 17. The molecule has 3 rings (SSSR count). The molecule has 1 atom stereocenters. The Balaban J connectivity index is 1.43. The Morgan fingerprint density at radius 3 is 2.07 bits per heavy atom. The van der Waals surface area contributed by atoms with Crippen molar-refractivity contribution in [2.24, 2.45) is 0 Å². The maximum Gasteiger partial charge on any atom is 0.389 e. The molecule has 226 valence electrons. The van der Waals surface area contributed by atoms with Gasteiger partial charge in [0, 0.05) is 6.42 Å². The molecule has 0 bridgehead atoms. The number of hydrogen-bond acceptors (Lipinski definition) is 4. The van der Waals surface area contributed by atoms with E-state index in [1.54, 1.807) is 24.3 Å². The molecule has 7 heteroatoms. The lowest BCUT2D eigenvalue weighted by Gasteiger charge is -2.18. The first-order chi connectivity index (χ1) is 20.3. The first kappa shape index (κ1) is 32.9. The van der Waals surface area contributed by atoms with E-state index in [2.05, 4.69) is 6.92 Å². The smallest absolute Gasteiger partial charge is 0.389 e. The maximum absolute atomic E-state index is 12.9. The van der Waals surface area contributed by atoms with Gasteiger partial charge < -0.3 is 9.47 Å². The summed E-state index contributed by atoms with van der Waals surface area (Å²) < 4.78 is 48.0. The van der Waals surface area contributed by atoms with E-state index < -0.39 is 18.6 Å². The SMILES string of the molecule is CCCC(CCCc1ccccc1C(=O)OCCCCCCCC(F)(F)F)OC(=O)c1ccc(-c2ccccc2)cc1. The Labute approximate surface area is 247 Å². The molecule has 0 aromatic heterocycles. The highest BCUT2D eigenvalue weighted by Gasteiger charge is 2.25. The van der Waals surface area contributed by atoms with Crippen molar-refractivity contribution in [3.05, 3.63) is 95.6 Å². The van der Waals surface area contributed by atoms with Crippen LogP contribution in [0.1, 0.15) is 97.4 Å². The van der Waals surface area contributed by atoms with Crippen molar-refractivity contribution in [2.75, 3.05) is 6.61 Å². The van der Waals surface area contributed by atoms with Crippen LogP contribution >= 0.6 is 0 Å². The molecule has 4 nitrogen and oxygen atoms in total. The minimum atomic E-state index is -4.10. The van der Waals surface area contributed by atoms with Gasteiger partial charge in [0.2, 0.25) is 0 Å². The molecule has 42 heavy (non-hydrogen) atoms. The van der Waals surface area contributed by atoms with E-state index in [1.807, 2.05) is 54.6 Å². The Morgan fingerprint density at radius 1 is 0.714 bits per heavy atom. The van der Waals surface area contributed by atoms with E-state index in [9.17, 15) is 22.8 Å². The average Bonchev–Trinajstić information content (AvgIpc) is 2.98. The van der Waals surface area contributed by atoms with Gasteiger partial charge in [-0.15, -0.1) is 0 Å². The standard InChI is InChI=1S/C35H41F3O4/c1-2-14-31(42-33(39)30-23-21-28(22-24-30)27-15-7-6-8-16-27)19-13-18-29-17-9-10-20-32(29)34(40)41-26-12-5-3-4-11-25-35(36,37)38/h6-10,15-17,20-24,31H,2-5,11-14,18-19,25-26H2,1H3.